The predicted octanol–water partition coefficient (Wildman–Crippen LogP) is 3.28. The molecule has 2 aliphatic heterocycles. The zero-order valence-corrected chi connectivity index (χ0v) is 15.3. The lowest BCUT2D eigenvalue weighted by molar-refractivity contribution is -0.189. The van der Waals surface area contributed by atoms with Crippen molar-refractivity contribution in [1.29, 1.82) is 0 Å². The molecule has 0 saturated carbocycles. The molecule has 0 aromatic heterocycles. The molecule has 1 saturated heterocycles. The van der Waals surface area contributed by atoms with E-state index in [9.17, 15) is 0 Å². The van der Waals surface area contributed by atoms with E-state index in [1.165, 1.54) is 0 Å². The van der Waals surface area contributed by atoms with Gasteiger partial charge in [0.25, 0.3) is 0 Å². The molecule has 2 heterocycles. The average Bonchev–Trinajstić information content (AvgIpc) is 2.55. The van der Waals surface area contributed by atoms with Gasteiger partial charge >= 0.3 is 0 Å². The molecule has 5 nitrogen and oxygen atoms in total. The fourth-order valence-corrected chi connectivity index (χ4v) is 3.87. The standard InChI is InChI=1S/C18H32O5/c1-7-13-9-14(19-5)17(11(3)22-13)15-10-16(20-6)18(21-8-2)12(4)23-15/h11-15,17H,7-10H2,1-6H3/t11-,12-,13-,14-,15+,17?/m0/s1. The third kappa shape index (κ3) is 4.01. The Kier molecular flexibility index (Phi) is 6.74. The highest BCUT2D eigenvalue weighted by Gasteiger charge is 2.44. The lowest BCUT2D eigenvalue weighted by Crippen LogP contribution is -2.51. The van der Waals surface area contributed by atoms with Crippen molar-refractivity contribution in [2.75, 3.05) is 20.8 Å². The number of hydrogen-bond acceptors (Lipinski definition) is 5. The second-order valence-electron chi connectivity index (χ2n) is 6.40. The second-order valence-corrected chi connectivity index (χ2v) is 6.40. The van der Waals surface area contributed by atoms with E-state index in [-0.39, 0.29) is 36.4 Å². The van der Waals surface area contributed by atoms with Gasteiger partial charge in [0.2, 0.25) is 0 Å². The van der Waals surface area contributed by atoms with E-state index in [0.717, 1.165) is 24.4 Å². The summed E-state index contributed by atoms with van der Waals surface area (Å²) in [6, 6.07) is 0. The number of hydrogen-bond donors (Lipinski definition) is 0. The van der Waals surface area contributed by atoms with Gasteiger partial charge in [-0.3, -0.25) is 0 Å². The molecule has 6 atom stereocenters. The first kappa shape index (κ1) is 18.6. The van der Waals surface area contributed by atoms with E-state index in [0.29, 0.717) is 13.0 Å². The SMILES string of the molecule is CCOC1=C(OC)C[C@H](C2[C@H](C)O[C@@H](CC)C[C@@H]2OC)O[C@H]1C. The van der Waals surface area contributed by atoms with Crippen LogP contribution in [0.4, 0.5) is 0 Å². The Labute approximate surface area is 140 Å². The van der Waals surface area contributed by atoms with Crippen LogP contribution in [0.25, 0.3) is 0 Å². The van der Waals surface area contributed by atoms with Crippen LogP contribution in [0, 0.1) is 5.92 Å². The van der Waals surface area contributed by atoms with Crippen LogP contribution < -0.4 is 0 Å². The summed E-state index contributed by atoms with van der Waals surface area (Å²) in [6.45, 7) is 8.88. The Balaban J connectivity index is 2.18. The van der Waals surface area contributed by atoms with Gasteiger partial charge < -0.3 is 23.7 Å². The molecule has 0 aromatic carbocycles. The van der Waals surface area contributed by atoms with Crippen LogP contribution in [-0.2, 0) is 23.7 Å². The molecule has 0 amide bonds. The van der Waals surface area contributed by atoms with Gasteiger partial charge in [0, 0.05) is 25.9 Å². The Morgan fingerprint density at radius 1 is 1.13 bits per heavy atom. The van der Waals surface area contributed by atoms with Crippen LogP contribution in [0.2, 0.25) is 0 Å². The lowest BCUT2D eigenvalue weighted by atomic mass is 9.82. The largest absolute Gasteiger partial charge is 0.497 e. The van der Waals surface area contributed by atoms with Crippen LogP contribution in [0.1, 0.15) is 47.0 Å². The highest BCUT2D eigenvalue weighted by atomic mass is 16.6. The van der Waals surface area contributed by atoms with Gasteiger partial charge in [-0.25, -0.2) is 0 Å². The van der Waals surface area contributed by atoms with Crippen molar-refractivity contribution in [2.24, 2.45) is 5.92 Å². The lowest BCUT2D eigenvalue weighted by Gasteiger charge is -2.45. The third-order valence-corrected chi connectivity index (χ3v) is 5.02. The fourth-order valence-electron chi connectivity index (χ4n) is 3.87. The summed E-state index contributed by atoms with van der Waals surface area (Å²) in [6.07, 6.45) is 3.04. The van der Waals surface area contributed by atoms with Crippen LogP contribution in [-0.4, -0.2) is 51.3 Å². The van der Waals surface area contributed by atoms with E-state index in [2.05, 4.69) is 13.8 Å². The highest BCUT2D eigenvalue weighted by molar-refractivity contribution is 5.12. The molecule has 0 aliphatic carbocycles. The normalized spacial score (nSPS) is 38.5. The molecular formula is C18H32O5. The molecule has 0 aromatic rings. The number of rotatable bonds is 6. The summed E-state index contributed by atoms with van der Waals surface area (Å²) in [4.78, 5) is 0. The van der Waals surface area contributed by atoms with Gasteiger partial charge in [0.15, 0.2) is 5.76 Å². The fraction of sp³-hybridized carbons (Fsp3) is 0.889. The summed E-state index contributed by atoms with van der Waals surface area (Å²) in [5, 5.41) is 0. The molecule has 1 unspecified atom stereocenters. The minimum Gasteiger partial charge on any atom is -0.497 e. The van der Waals surface area contributed by atoms with Crippen molar-refractivity contribution < 1.29 is 23.7 Å². The second kappa shape index (κ2) is 8.36. The zero-order valence-electron chi connectivity index (χ0n) is 15.3. The van der Waals surface area contributed by atoms with Crippen molar-refractivity contribution in [1.82, 2.24) is 0 Å². The summed E-state index contributed by atoms with van der Waals surface area (Å²) in [5.74, 6) is 1.89. The minimum atomic E-state index is -0.114. The Morgan fingerprint density at radius 3 is 2.43 bits per heavy atom. The first-order chi connectivity index (χ1) is 11.0. The van der Waals surface area contributed by atoms with Crippen LogP contribution >= 0.6 is 0 Å². The summed E-state index contributed by atoms with van der Waals surface area (Å²) in [5.41, 5.74) is 0. The molecule has 5 heteroatoms. The Bertz CT molecular complexity index is 408. The maximum atomic E-state index is 6.27. The van der Waals surface area contributed by atoms with Gasteiger partial charge in [-0.05, 0) is 27.2 Å². The van der Waals surface area contributed by atoms with Gasteiger partial charge in [-0.1, -0.05) is 6.92 Å². The van der Waals surface area contributed by atoms with Crippen LogP contribution in [0.5, 0.6) is 0 Å². The van der Waals surface area contributed by atoms with Crippen molar-refractivity contribution in [3.63, 3.8) is 0 Å². The number of methoxy groups -OCH3 is 2. The Morgan fingerprint density at radius 2 is 1.87 bits per heavy atom. The monoisotopic (exact) mass is 328 g/mol. The van der Waals surface area contributed by atoms with Crippen LogP contribution in [0.15, 0.2) is 11.5 Å². The smallest absolute Gasteiger partial charge is 0.162 e. The first-order valence-electron chi connectivity index (χ1n) is 8.79. The summed E-state index contributed by atoms with van der Waals surface area (Å²) < 4.78 is 29.5. The van der Waals surface area contributed by atoms with E-state index in [4.69, 9.17) is 23.7 Å². The van der Waals surface area contributed by atoms with Gasteiger partial charge in [-0.15, -0.1) is 0 Å². The predicted molar refractivity (Wildman–Crippen MR) is 88.1 cm³/mol. The third-order valence-electron chi connectivity index (χ3n) is 5.02. The van der Waals surface area contributed by atoms with Crippen molar-refractivity contribution in [2.45, 2.75) is 77.5 Å². The molecule has 134 valence electrons. The topological polar surface area (TPSA) is 46.2 Å². The molecular weight excluding hydrogens is 296 g/mol. The van der Waals surface area contributed by atoms with Crippen molar-refractivity contribution in [3.8, 4) is 0 Å². The summed E-state index contributed by atoms with van der Waals surface area (Å²) >= 11 is 0. The van der Waals surface area contributed by atoms with E-state index in [1.54, 1.807) is 14.2 Å². The van der Waals surface area contributed by atoms with E-state index < -0.39 is 0 Å². The molecule has 23 heavy (non-hydrogen) atoms. The van der Waals surface area contributed by atoms with E-state index >= 15 is 0 Å². The maximum absolute atomic E-state index is 6.27. The molecule has 0 spiro atoms. The van der Waals surface area contributed by atoms with Crippen LogP contribution in [0.3, 0.4) is 0 Å². The molecule has 2 aliphatic rings. The molecule has 0 bridgehead atoms. The zero-order chi connectivity index (χ0) is 17.0. The summed E-state index contributed by atoms with van der Waals surface area (Å²) in [7, 11) is 3.48. The molecule has 2 rings (SSSR count). The van der Waals surface area contributed by atoms with Gasteiger partial charge in [0.1, 0.15) is 11.9 Å². The van der Waals surface area contributed by atoms with E-state index in [1.807, 2.05) is 13.8 Å². The molecule has 0 radical (unpaired) electrons. The first-order valence-corrected chi connectivity index (χ1v) is 8.79. The molecule has 1 fully saturated rings. The van der Waals surface area contributed by atoms with Crippen molar-refractivity contribution >= 4 is 0 Å². The van der Waals surface area contributed by atoms with Gasteiger partial charge in [-0.2, -0.15) is 0 Å². The average molecular weight is 328 g/mol. The van der Waals surface area contributed by atoms with Crippen molar-refractivity contribution in [3.05, 3.63) is 11.5 Å². The highest BCUT2D eigenvalue weighted by Crippen LogP contribution is 2.38. The Hall–Kier alpha value is -0.780. The molecule has 0 N–H and O–H groups in total. The minimum absolute atomic E-state index is 0.0157. The quantitative estimate of drug-likeness (QED) is 0.749. The van der Waals surface area contributed by atoms with Gasteiger partial charge in [0.05, 0.1) is 38.1 Å². The maximum Gasteiger partial charge on any atom is 0.162 e. The number of ether oxygens (including phenoxy) is 5.